The van der Waals surface area contributed by atoms with Crippen molar-refractivity contribution in [1.82, 2.24) is 9.78 Å². The summed E-state index contributed by atoms with van der Waals surface area (Å²) in [5.74, 6) is -0.188. The lowest BCUT2D eigenvalue weighted by Gasteiger charge is -2.37. The number of nitrogens with zero attached hydrogens (tertiary/aromatic N) is 3. The molecule has 4 rings (SSSR count). The smallest absolute Gasteiger partial charge is 0.265 e. The molecular formula is C24H27N4O2+. The van der Waals surface area contributed by atoms with Gasteiger partial charge in [-0.05, 0) is 43.2 Å². The Balaban J connectivity index is 1.71. The third-order valence-corrected chi connectivity index (χ3v) is 6.27. The average Bonchev–Trinajstić information content (AvgIpc) is 3.40. The minimum atomic E-state index is -0.882. The second-order valence-electron chi connectivity index (χ2n) is 8.16. The Bertz CT molecular complexity index is 990. The van der Waals surface area contributed by atoms with Crippen molar-refractivity contribution in [1.29, 1.82) is 0 Å². The number of hydrogen-bond donors (Lipinski definition) is 1. The van der Waals surface area contributed by atoms with Gasteiger partial charge >= 0.3 is 0 Å². The van der Waals surface area contributed by atoms with Gasteiger partial charge in [0.15, 0.2) is 12.3 Å². The highest BCUT2D eigenvalue weighted by Gasteiger charge is 2.50. The predicted molar refractivity (Wildman–Crippen MR) is 112 cm³/mol. The minimum absolute atomic E-state index is 0.0634. The SMILES string of the molecule is CC(=O)Cn1c[n+]([C@@H]2CC[C@H](C(C(N)=O)(c3ccccc3)c3ccccc3)C2)cn1. The lowest BCUT2D eigenvalue weighted by atomic mass is 9.64. The topological polar surface area (TPSA) is 81.9 Å². The molecule has 0 bridgehead atoms. The van der Waals surface area contributed by atoms with E-state index in [2.05, 4.69) is 9.67 Å². The van der Waals surface area contributed by atoms with Crippen molar-refractivity contribution in [2.75, 3.05) is 0 Å². The van der Waals surface area contributed by atoms with Crippen molar-refractivity contribution in [2.45, 2.75) is 44.2 Å². The summed E-state index contributed by atoms with van der Waals surface area (Å²) in [4.78, 5) is 24.5. The van der Waals surface area contributed by atoms with Crippen molar-refractivity contribution >= 4 is 11.7 Å². The number of rotatable bonds is 7. The molecule has 1 aromatic heterocycles. The zero-order valence-corrected chi connectivity index (χ0v) is 17.1. The van der Waals surface area contributed by atoms with E-state index in [1.165, 1.54) is 0 Å². The summed E-state index contributed by atoms with van der Waals surface area (Å²) in [5.41, 5.74) is 7.15. The highest BCUT2D eigenvalue weighted by Crippen LogP contribution is 2.48. The molecule has 6 nitrogen and oxygen atoms in total. The number of primary amides is 1. The van der Waals surface area contributed by atoms with Gasteiger partial charge < -0.3 is 5.73 Å². The van der Waals surface area contributed by atoms with Crippen LogP contribution in [0.25, 0.3) is 0 Å². The predicted octanol–water partition coefficient (Wildman–Crippen LogP) is 2.57. The first-order chi connectivity index (χ1) is 14.5. The van der Waals surface area contributed by atoms with Crippen molar-refractivity contribution < 1.29 is 14.2 Å². The molecule has 6 heteroatoms. The fraction of sp³-hybridized carbons (Fsp3) is 0.333. The van der Waals surface area contributed by atoms with Gasteiger partial charge in [0.25, 0.3) is 6.33 Å². The van der Waals surface area contributed by atoms with Crippen LogP contribution in [-0.4, -0.2) is 21.5 Å². The number of benzene rings is 2. The molecule has 3 aromatic rings. The van der Waals surface area contributed by atoms with Gasteiger partial charge in [0, 0.05) is 5.10 Å². The van der Waals surface area contributed by atoms with Crippen molar-refractivity contribution in [2.24, 2.45) is 11.7 Å². The third-order valence-electron chi connectivity index (χ3n) is 6.27. The molecule has 0 unspecified atom stereocenters. The van der Waals surface area contributed by atoms with E-state index in [4.69, 9.17) is 5.73 Å². The van der Waals surface area contributed by atoms with E-state index in [9.17, 15) is 9.59 Å². The summed E-state index contributed by atoms with van der Waals surface area (Å²) in [6.07, 6.45) is 6.26. The van der Waals surface area contributed by atoms with Gasteiger partial charge in [-0.3, -0.25) is 9.59 Å². The van der Waals surface area contributed by atoms with Crippen LogP contribution < -0.4 is 10.3 Å². The standard InChI is InChI=1S/C24H26N4O2/c1-18(29)15-28-17-27(16-26-28)22-13-12-21(14-22)24(23(25)30,19-8-4-2-5-9-19)20-10-6-3-7-11-20/h2-11,16-17,21-22H,12-15H2,1H3,(H-,25,30)/p+1/t21-,22+/m0/s1. The van der Waals surface area contributed by atoms with Crippen molar-refractivity contribution in [3.05, 3.63) is 84.4 Å². The summed E-state index contributed by atoms with van der Waals surface area (Å²) >= 11 is 0. The normalized spacial score (nSPS) is 19.0. The van der Waals surface area contributed by atoms with Crippen LogP contribution in [0.5, 0.6) is 0 Å². The first kappa shape index (κ1) is 20.0. The van der Waals surface area contributed by atoms with E-state index < -0.39 is 5.41 Å². The monoisotopic (exact) mass is 403 g/mol. The second-order valence-corrected chi connectivity index (χ2v) is 8.16. The highest BCUT2D eigenvalue weighted by atomic mass is 16.1. The van der Waals surface area contributed by atoms with E-state index in [1.807, 2.05) is 67.0 Å². The Labute approximate surface area is 176 Å². The Morgan fingerprint density at radius 2 is 1.67 bits per heavy atom. The molecular weight excluding hydrogens is 376 g/mol. The number of carbonyl (C=O) groups is 2. The molecule has 0 aliphatic heterocycles. The van der Waals surface area contributed by atoms with Crippen LogP contribution in [-0.2, 0) is 21.5 Å². The summed E-state index contributed by atoms with van der Waals surface area (Å²) in [5, 5.41) is 4.31. The number of carbonyl (C=O) groups excluding carboxylic acids is 2. The zero-order chi connectivity index (χ0) is 21.1. The van der Waals surface area contributed by atoms with E-state index in [0.717, 1.165) is 30.4 Å². The molecule has 1 heterocycles. The molecule has 2 atom stereocenters. The van der Waals surface area contributed by atoms with E-state index in [-0.39, 0.29) is 30.2 Å². The van der Waals surface area contributed by atoms with Gasteiger partial charge in [0.05, 0.1) is 6.04 Å². The zero-order valence-electron chi connectivity index (χ0n) is 17.1. The van der Waals surface area contributed by atoms with Crippen molar-refractivity contribution in [3.63, 3.8) is 0 Å². The molecule has 30 heavy (non-hydrogen) atoms. The van der Waals surface area contributed by atoms with E-state index in [1.54, 1.807) is 17.9 Å². The minimum Gasteiger partial charge on any atom is -0.369 e. The molecule has 1 saturated carbocycles. The maximum atomic E-state index is 13.1. The Kier molecular flexibility index (Phi) is 5.48. The van der Waals surface area contributed by atoms with Gasteiger partial charge in [0.1, 0.15) is 5.41 Å². The van der Waals surface area contributed by atoms with Crippen LogP contribution in [0.2, 0.25) is 0 Å². The second kappa shape index (κ2) is 8.22. The number of amides is 1. The largest absolute Gasteiger partial charge is 0.369 e. The maximum absolute atomic E-state index is 13.1. The molecule has 2 N–H and O–H groups in total. The molecule has 0 spiro atoms. The van der Waals surface area contributed by atoms with Crippen LogP contribution in [0.1, 0.15) is 43.4 Å². The Morgan fingerprint density at radius 1 is 1.07 bits per heavy atom. The third kappa shape index (κ3) is 3.54. The van der Waals surface area contributed by atoms with Crippen LogP contribution in [0.15, 0.2) is 73.3 Å². The Morgan fingerprint density at radius 3 is 2.20 bits per heavy atom. The summed E-state index contributed by atoms with van der Waals surface area (Å²) < 4.78 is 3.72. The molecule has 2 aromatic carbocycles. The quantitative estimate of drug-likeness (QED) is 0.616. The molecule has 0 radical (unpaired) electrons. The molecule has 154 valence electrons. The first-order valence-electron chi connectivity index (χ1n) is 10.4. The number of hydrogen-bond acceptors (Lipinski definition) is 3. The molecule has 1 fully saturated rings. The molecule has 1 aliphatic rings. The van der Waals surface area contributed by atoms with Crippen LogP contribution in [0.3, 0.4) is 0 Å². The number of aromatic nitrogens is 3. The van der Waals surface area contributed by atoms with Gasteiger partial charge in [-0.25, -0.2) is 4.57 Å². The van der Waals surface area contributed by atoms with Gasteiger partial charge in [-0.15, -0.1) is 4.68 Å². The molecule has 1 amide bonds. The van der Waals surface area contributed by atoms with E-state index in [0.29, 0.717) is 0 Å². The summed E-state index contributed by atoms with van der Waals surface area (Å²) in [7, 11) is 0. The maximum Gasteiger partial charge on any atom is 0.265 e. The van der Waals surface area contributed by atoms with Crippen LogP contribution >= 0.6 is 0 Å². The number of nitrogens with two attached hydrogens (primary N) is 1. The number of Topliss-reactive ketones (excluding diaryl/α,β-unsaturated/α-hetero) is 1. The lowest BCUT2D eigenvalue weighted by molar-refractivity contribution is -0.722. The summed E-state index contributed by atoms with van der Waals surface area (Å²) in [6.45, 7) is 1.82. The lowest BCUT2D eigenvalue weighted by Crippen LogP contribution is -2.48. The molecule has 0 saturated heterocycles. The fourth-order valence-corrected chi connectivity index (χ4v) is 4.99. The summed E-state index contributed by atoms with van der Waals surface area (Å²) in [6, 6.07) is 20.0. The van der Waals surface area contributed by atoms with Gasteiger partial charge in [0.2, 0.25) is 12.2 Å². The van der Waals surface area contributed by atoms with Crippen molar-refractivity contribution in [3.8, 4) is 0 Å². The highest BCUT2D eigenvalue weighted by molar-refractivity contribution is 5.91. The Hall–Kier alpha value is -3.28. The van der Waals surface area contributed by atoms with Crippen LogP contribution in [0.4, 0.5) is 0 Å². The van der Waals surface area contributed by atoms with E-state index >= 15 is 0 Å². The molecule has 1 aliphatic carbocycles. The first-order valence-corrected chi connectivity index (χ1v) is 10.4. The van der Waals surface area contributed by atoms with Gasteiger partial charge in [-0.1, -0.05) is 60.7 Å². The van der Waals surface area contributed by atoms with Gasteiger partial charge in [-0.2, -0.15) is 0 Å². The number of ketones is 1. The average molecular weight is 404 g/mol. The van der Waals surface area contributed by atoms with Crippen LogP contribution in [0, 0.1) is 5.92 Å². The fourth-order valence-electron chi connectivity index (χ4n) is 4.99.